The number of hydrogen-bond donors (Lipinski definition) is 2. The zero-order valence-corrected chi connectivity index (χ0v) is 21.8. The third-order valence-corrected chi connectivity index (χ3v) is 7.17. The number of aryl methyl sites for hydroxylation is 1. The standard InChI is InChI=1S/C28H27N5O3S/c1-19-16-25(33(31-19)23-9-7-8-20(17-23)18-29)27(34)30-22-14-12-21(13-15-22)24-10-5-6-11-26(24)37(35,36)32-28(2,3)4/h5-17,32H,1-4H3,(H,30,34). The van der Waals surface area contributed by atoms with Gasteiger partial charge in [0.2, 0.25) is 10.0 Å². The van der Waals surface area contributed by atoms with Crippen LogP contribution >= 0.6 is 0 Å². The Morgan fingerprint density at radius 3 is 2.35 bits per heavy atom. The number of rotatable bonds is 6. The monoisotopic (exact) mass is 513 g/mol. The first-order chi connectivity index (χ1) is 17.5. The van der Waals surface area contributed by atoms with E-state index in [1.807, 2.05) is 0 Å². The summed E-state index contributed by atoms with van der Waals surface area (Å²) in [7, 11) is -3.75. The van der Waals surface area contributed by atoms with Crippen LogP contribution in [0.2, 0.25) is 0 Å². The summed E-state index contributed by atoms with van der Waals surface area (Å²) in [5.41, 5.74) is 3.22. The fraction of sp³-hybridized carbons (Fsp3) is 0.179. The highest BCUT2D eigenvalue weighted by Gasteiger charge is 2.25. The van der Waals surface area contributed by atoms with Crippen molar-refractivity contribution in [2.45, 2.75) is 38.1 Å². The minimum atomic E-state index is -3.75. The topological polar surface area (TPSA) is 117 Å². The molecule has 4 rings (SSSR count). The second-order valence-electron chi connectivity index (χ2n) is 9.63. The maximum atomic E-state index is 13.1. The van der Waals surface area contributed by atoms with Crippen molar-refractivity contribution in [3.05, 3.63) is 95.8 Å². The molecule has 2 N–H and O–H groups in total. The van der Waals surface area contributed by atoms with Gasteiger partial charge < -0.3 is 5.32 Å². The van der Waals surface area contributed by atoms with E-state index < -0.39 is 15.6 Å². The third-order valence-electron chi connectivity index (χ3n) is 5.35. The van der Waals surface area contributed by atoms with Gasteiger partial charge in [-0.1, -0.05) is 36.4 Å². The molecule has 4 aromatic rings. The van der Waals surface area contributed by atoms with Crippen LogP contribution in [-0.2, 0) is 10.0 Å². The summed E-state index contributed by atoms with van der Waals surface area (Å²) < 4.78 is 30.2. The molecule has 9 heteroatoms. The second kappa shape index (κ2) is 10.0. The summed E-state index contributed by atoms with van der Waals surface area (Å²) in [6.07, 6.45) is 0. The lowest BCUT2D eigenvalue weighted by Crippen LogP contribution is -2.40. The van der Waals surface area contributed by atoms with E-state index in [-0.39, 0.29) is 10.8 Å². The Labute approximate surface area is 216 Å². The highest BCUT2D eigenvalue weighted by atomic mass is 32.2. The molecule has 0 spiro atoms. The van der Waals surface area contributed by atoms with Crippen molar-refractivity contribution in [3.63, 3.8) is 0 Å². The number of sulfonamides is 1. The second-order valence-corrected chi connectivity index (χ2v) is 11.3. The predicted molar refractivity (Wildman–Crippen MR) is 143 cm³/mol. The average Bonchev–Trinajstić information content (AvgIpc) is 3.25. The Hall–Kier alpha value is -4.26. The number of carbonyl (C=O) groups is 1. The van der Waals surface area contributed by atoms with Crippen LogP contribution in [0.4, 0.5) is 5.69 Å². The van der Waals surface area contributed by atoms with Gasteiger partial charge in [0.1, 0.15) is 5.69 Å². The van der Waals surface area contributed by atoms with Crippen LogP contribution < -0.4 is 10.0 Å². The number of aromatic nitrogens is 2. The molecule has 0 fully saturated rings. The van der Waals surface area contributed by atoms with Crippen LogP contribution in [-0.4, -0.2) is 29.6 Å². The molecular weight excluding hydrogens is 486 g/mol. The summed E-state index contributed by atoms with van der Waals surface area (Å²) in [4.78, 5) is 13.3. The molecule has 188 valence electrons. The van der Waals surface area contributed by atoms with E-state index in [1.165, 1.54) is 4.68 Å². The number of anilines is 1. The molecule has 1 amide bonds. The van der Waals surface area contributed by atoms with Crippen LogP contribution in [0.1, 0.15) is 42.5 Å². The molecule has 1 aromatic heterocycles. The molecule has 0 aliphatic rings. The van der Waals surface area contributed by atoms with Gasteiger partial charge in [-0.25, -0.2) is 17.8 Å². The number of amides is 1. The number of hydrogen-bond acceptors (Lipinski definition) is 5. The van der Waals surface area contributed by atoms with Crippen molar-refractivity contribution in [1.82, 2.24) is 14.5 Å². The van der Waals surface area contributed by atoms with Gasteiger partial charge in [-0.2, -0.15) is 10.4 Å². The highest BCUT2D eigenvalue weighted by Crippen LogP contribution is 2.29. The predicted octanol–water partition coefficient (Wildman–Crippen LogP) is 5.05. The number of nitrogens with one attached hydrogen (secondary N) is 2. The minimum Gasteiger partial charge on any atom is -0.321 e. The molecule has 0 radical (unpaired) electrons. The number of nitriles is 1. The van der Waals surface area contributed by atoms with Crippen molar-refractivity contribution < 1.29 is 13.2 Å². The SMILES string of the molecule is Cc1cc(C(=O)Nc2ccc(-c3ccccc3S(=O)(=O)NC(C)(C)C)cc2)n(-c2cccc(C#N)c2)n1. The molecule has 0 aliphatic heterocycles. The van der Waals surface area contributed by atoms with Gasteiger partial charge in [0.15, 0.2) is 0 Å². The molecule has 0 bridgehead atoms. The lowest BCUT2D eigenvalue weighted by Gasteiger charge is -2.21. The van der Waals surface area contributed by atoms with Gasteiger partial charge in [0.05, 0.1) is 27.9 Å². The summed E-state index contributed by atoms with van der Waals surface area (Å²) in [5.74, 6) is -0.368. The molecule has 37 heavy (non-hydrogen) atoms. The molecule has 1 heterocycles. The van der Waals surface area contributed by atoms with Crippen LogP contribution in [0.3, 0.4) is 0 Å². The van der Waals surface area contributed by atoms with Gasteiger partial charge in [-0.05, 0) is 75.7 Å². The first-order valence-corrected chi connectivity index (χ1v) is 13.1. The van der Waals surface area contributed by atoms with Crippen LogP contribution in [0.5, 0.6) is 0 Å². The average molecular weight is 514 g/mol. The van der Waals surface area contributed by atoms with Gasteiger partial charge in [0.25, 0.3) is 5.91 Å². The van der Waals surface area contributed by atoms with E-state index in [1.54, 1.807) is 107 Å². The lowest BCUT2D eigenvalue weighted by molar-refractivity contribution is 0.101. The third kappa shape index (κ3) is 5.94. The van der Waals surface area contributed by atoms with Gasteiger partial charge in [-0.15, -0.1) is 0 Å². The fourth-order valence-electron chi connectivity index (χ4n) is 3.89. The van der Waals surface area contributed by atoms with Crippen LogP contribution in [0.25, 0.3) is 16.8 Å². The molecular formula is C28H27N5O3S. The Kier molecular flexibility index (Phi) is 6.99. The van der Waals surface area contributed by atoms with Crippen molar-refractivity contribution in [3.8, 4) is 22.9 Å². The first-order valence-electron chi connectivity index (χ1n) is 11.6. The van der Waals surface area contributed by atoms with Crippen LogP contribution in [0.15, 0.2) is 83.8 Å². The largest absolute Gasteiger partial charge is 0.321 e. The zero-order chi connectivity index (χ0) is 26.8. The smallest absolute Gasteiger partial charge is 0.274 e. The maximum absolute atomic E-state index is 13.1. The Balaban J connectivity index is 1.60. The van der Waals surface area contributed by atoms with E-state index in [2.05, 4.69) is 21.2 Å². The quantitative estimate of drug-likeness (QED) is 0.374. The molecule has 0 atom stereocenters. The minimum absolute atomic E-state index is 0.181. The Morgan fingerprint density at radius 1 is 0.973 bits per heavy atom. The number of carbonyl (C=O) groups excluding carboxylic acids is 1. The van der Waals surface area contributed by atoms with Gasteiger partial charge >= 0.3 is 0 Å². The van der Waals surface area contributed by atoms with Crippen molar-refractivity contribution in [2.75, 3.05) is 5.32 Å². The van der Waals surface area contributed by atoms with E-state index >= 15 is 0 Å². The number of nitrogens with zero attached hydrogens (tertiary/aromatic N) is 3. The van der Waals surface area contributed by atoms with Gasteiger partial charge in [-0.3, -0.25) is 4.79 Å². The highest BCUT2D eigenvalue weighted by molar-refractivity contribution is 7.89. The van der Waals surface area contributed by atoms with Gasteiger partial charge in [0, 0.05) is 16.8 Å². The van der Waals surface area contributed by atoms with Crippen LogP contribution in [0, 0.1) is 18.3 Å². The summed E-state index contributed by atoms with van der Waals surface area (Å²) >= 11 is 0. The normalized spacial score (nSPS) is 11.6. The Morgan fingerprint density at radius 2 is 1.68 bits per heavy atom. The van der Waals surface area contributed by atoms with E-state index in [0.29, 0.717) is 39.5 Å². The Bertz CT molecular complexity index is 1610. The number of benzene rings is 3. The summed E-state index contributed by atoms with van der Waals surface area (Å²) in [6.45, 7) is 7.16. The molecule has 8 nitrogen and oxygen atoms in total. The lowest BCUT2D eigenvalue weighted by atomic mass is 10.1. The summed E-state index contributed by atoms with van der Waals surface area (Å²) in [6, 6.07) is 24.4. The summed E-state index contributed by atoms with van der Waals surface area (Å²) in [5, 5.41) is 16.5. The maximum Gasteiger partial charge on any atom is 0.274 e. The van der Waals surface area contributed by atoms with E-state index in [0.717, 1.165) is 0 Å². The zero-order valence-electron chi connectivity index (χ0n) is 21.0. The van der Waals surface area contributed by atoms with E-state index in [9.17, 15) is 18.5 Å². The van der Waals surface area contributed by atoms with Crippen molar-refractivity contribution >= 4 is 21.6 Å². The molecule has 0 saturated heterocycles. The van der Waals surface area contributed by atoms with Crippen molar-refractivity contribution in [1.29, 1.82) is 5.26 Å². The molecule has 0 unspecified atom stereocenters. The fourth-order valence-corrected chi connectivity index (χ4v) is 5.54. The van der Waals surface area contributed by atoms with Crippen molar-refractivity contribution in [2.24, 2.45) is 0 Å². The molecule has 0 aliphatic carbocycles. The van der Waals surface area contributed by atoms with E-state index in [4.69, 9.17) is 0 Å². The first kappa shape index (κ1) is 25.8. The molecule has 3 aromatic carbocycles. The molecule has 0 saturated carbocycles.